The number of aromatic hydroxyl groups is 1. The van der Waals surface area contributed by atoms with Crippen LogP contribution in [-0.2, 0) is 35.2 Å². The largest absolute Gasteiger partial charge is 0.508 e. The number of rotatable bonds is 22. The molecule has 20 nitrogen and oxygen atoms in total. The van der Waals surface area contributed by atoms with Crippen LogP contribution in [0.15, 0.2) is 22.1 Å². The molecule has 0 saturated carbocycles. The van der Waals surface area contributed by atoms with Gasteiger partial charge in [0, 0.05) is 26.1 Å². The van der Waals surface area contributed by atoms with E-state index in [1.54, 1.807) is 34.6 Å². The Morgan fingerprint density at radius 2 is 1.37 bits per heavy atom. The number of phenolic OH excluding ortho intramolecular Hbond substituents is 1. The van der Waals surface area contributed by atoms with Crippen molar-refractivity contribution in [3.05, 3.63) is 28.8 Å². The summed E-state index contributed by atoms with van der Waals surface area (Å²) in [6.45, 7) is 12.9. The first-order chi connectivity index (χ1) is 27.9. The standard InChI is InChI=1S/C40H68N12O8/c1-21(2)17-29(37(59)60)50-35(57)31(40(5,6)7)51-33(55)28(20-25-22(3)18-24(53)19-23(25)4)49-34(56)30-13-10-16-52(30)36(58)27(12-9-15-47-39(44)45)48-32(54)26(41)11-8-14-46-38(42)43/h18-19,21,26-31,53H,8-17,20,41H2,1-7H3,(H,48,54)(H,49,56)(H,50,57)(H,51,55)(H,59,60)(H4,42,43,46)(H4,44,45,47)/t26-,27-,28-,29-,30-,31+/m0/s1. The van der Waals surface area contributed by atoms with E-state index in [0.717, 1.165) is 0 Å². The van der Waals surface area contributed by atoms with E-state index in [4.69, 9.17) is 28.7 Å². The summed E-state index contributed by atoms with van der Waals surface area (Å²) >= 11 is 0. The molecule has 20 heteroatoms. The van der Waals surface area contributed by atoms with Gasteiger partial charge in [-0.05, 0) is 98.9 Å². The predicted octanol–water partition coefficient (Wildman–Crippen LogP) is -0.907. The van der Waals surface area contributed by atoms with Gasteiger partial charge in [-0.25, -0.2) is 4.79 Å². The molecule has 1 fully saturated rings. The zero-order valence-electron chi connectivity index (χ0n) is 36.0. The monoisotopic (exact) mass is 845 g/mol. The van der Waals surface area contributed by atoms with E-state index < -0.39 is 77.2 Å². The molecule has 0 bridgehead atoms. The van der Waals surface area contributed by atoms with Crippen LogP contribution in [-0.4, -0.2) is 118 Å². The molecule has 0 radical (unpaired) electrons. The summed E-state index contributed by atoms with van der Waals surface area (Å²) in [6.07, 6.45) is 1.87. The number of carboxylic acids is 1. The zero-order chi connectivity index (χ0) is 45.5. The van der Waals surface area contributed by atoms with E-state index >= 15 is 0 Å². The number of guanidine groups is 2. The van der Waals surface area contributed by atoms with Crippen molar-refractivity contribution < 1.29 is 39.0 Å². The third-order valence-electron chi connectivity index (χ3n) is 10.2. The van der Waals surface area contributed by atoms with Crippen LogP contribution in [0, 0.1) is 25.2 Å². The Kier molecular flexibility index (Phi) is 19.5. The molecule has 1 saturated heterocycles. The van der Waals surface area contributed by atoms with Crippen LogP contribution in [0.1, 0.15) is 96.3 Å². The summed E-state index contributed by atoms with van der Waals surface area (Å²) in [7, 11) is 0. The van der Waals surface area contributed by atoms with Gasteiger partial charge in [-0.2, -0.15) is 0 Å². The van der Waals surface area contributed by atoms with E-state index in [1.165, 1.54) is 17.0 Å². The summed E-state index contributed by atoms with van der Waals surface area (Å²) < 4.78 is 0. The number of phenols is 1. The quantitative estimate of drug-likeness (QED) is 0.0383. The maximum atomic E-state index is 14.3. The van der Waals surface area contributed by atoms with Gasteiger partial charge < -0.3 is 65.0 Å². The third kappa shape index (κ3) is 16.2. The lowest BCUT2D eigenvalue weighted by Crippen LogP contribution is -2.61. The Bertz CT molecular complexity index is 1710. The molecule has 1 aromatic rings. The number of carbonyl (C=O) groups excluding carboxylic acids is 5. The van der Waals surface area contributed by atoms with Crippen molar-refractivity contribution in [1.82, 2.24) is 26.2 Å². The third-order valence-corrected chi connectivity index (χ3v) is 10.2. The van der Waals surface area contributed by atoms with E-state index in [9.17, 15) is 39.0 Å². The molecule has 0 unspecified atom stereocenters. The molecule has 1 aliphatic heterocycles. The summed E-state index contributed by atoms with van der Waals surface area (Å²) in [5.74, 6) is -4.68. The molecule has 0 aliphatic carbocycles. The lowest BCUT2D eigenvalue weighted by atomic mass is 9.85. The van der Waals surface area contributed by atoms with Gasteiger partial charge in [0.25, 0.3) is 0 Å². The number of nitrogens with one attached hydrogen (secondary N) is 4. The lowest BCUT2D eigenvalue weighted by molar-refractivity contribution is -0.143. The molecular weight excluding hydrogens is 777 g/mol. The maximum absolute atomic E-state index is 14.3. The Morgan fingerprint density at radius 1 is 0.817 bits per heavy atom. The second-order valence-corrected chi connectivity index (χ2v) is 16.9. The van der Waals surface area contributed by atoms with Gasteiger partial charge in [0.05, 0.1) is 6.04 Å². The molecule has 1 aliphatic rings. The summed E-state index contributed by atoms with van der Waals surface area (Å²) in [5, 5.41) is 30.9. The molecule has 60 heavy (non-hydrogen) atoms. The maximum Gasteiger partial charge on any atom is 0.326 e. The van der Waals surface area contributed by atoms with Crippen molar-refractivity contribution >= 4 is 47.4 Å². The number of hydrogen-bond donors (Lipinski definition) is 11. The van der Waals surface area contributed by atoms with Crippen LogP contribution >= 0.6 is 0 Å². The fourth-order valence-electron chi connectivity index (χ4n) is 7.03. The van der Waals surface area contributed by atoms with Gasteiger partial charge in [0.15, 0.2) is 11.9 Å². The van der Waals surface area contributed by atoms with Gasteiger partial charge in [-0.1, -0.05) is 34.6 Å². The number of carbonyl (C=O) groups is 6. The first kappa shape index (κ1) is 50.5. The second kappa shape index (κ2) is 23.2. The van der Waals surface area contributed by atoms with E-state index in [0.29, 0.717) is 36.0 Å². The number of aliphatic carboxylic acids is 1. The van der Waals surface area contributed by atoms with Gasteiger partial charge >= 0.3 is 5.97 Å². The lowest BCUT2D eigenvalue weighted by Gasteiger charge is -2.34. The van der Waals surface area contributed by atoms with Crippen molar-refractivity contribution in [2.45, 2.75) is 136 Å². The van der Waals surface area contributed by atoms with E-state index in [2.05, 4.69) is 31.3 Å². The Morgan fingerprint density at radius 3 is 1.88 bits per heavy atom. The number of nitrogens with zero attached hydrogens (tertiary/aromatic N) is 3. The molecule has 336 valence electrons. The van der Waals surface area contributed by atoms with E-state index in [1.807, 2.05) is 13.8 Å². The molecule has 1 heterocycles. The molecule has 6 atom stereocenters. The second-order valence-electron chi connectivity index (χ2n) is 16.9. The minimum absolute atomic E-state index is 0.0181. The minimum atomic E-state index is -1.28. The number of hydrogen-bond acceptors (Lipinski definition) is 10. The van der Waals surface area contributed by atoms with Crippen molar-refractivity contribution in [2.75, 3.05) is 19.6 Å². The summed E-state index contributed by atoms with van der Waals surface area (Å²) in [5.41, 5.74) is 28.9. The SMILES string of the molecule is Cc1cc(O)cc(C)c1C[C@H](NC(=O)[C@@H]1CCCN1C(=O)[C@H](CCCN=C(N)N)NC(=O)[C@@H](N)CCCN=C(N)N)C(=O)N[C@H](C(=O)N[C@@H](CC(C)C)C(=O)O)C(C)(C)C. The van der Waals surface area contributed by atoms with Crippen LogP contribution in [0.5, 0.6) is 5.75 Å². The fourth-order valence-corrected chi connectivity index (χ4v) is 7.03. The number of amides is 5. The topological polar surface area (TPSA) is 349 Å². The molecule has 16 N–H and O–H groups in total. The summed E-state index contributed by atoms with van der Waals surface area (Å²) in [6, 6.07) is -3.76. The highest BCUT2D eigenvalue weighted by Gasteiger charge is 2.41. The van der Waals surface area contributed by atoms with Crippen molar-refractivity contribution in [2.24, 2.45) is 50.0 Å². The minimum Gasteiger partial charge on any atom is -0.508 e. The highest BCUT2D eigenvalue weighted by atomic mass is 16.4. The Hall–Kier alpha value is -5.66. The Labute approximate surface area is 352 Å². The van der Waals surface area contributed by atoms with Crippen LogP contribution in [0.25, 0.3) is 0 Å². The molecule has 0 spiro atoms. The van der Waals surface area contributed by atoms with Crippen LogP contribution < -0.4 is 49.9 Å². The number of nitrogens with two attached hydrogens (primary N) is 5. The highest BCUT2D eigenvalue weighted by molar-refractivity contribution is 5.97. The summed E-state index contributed by atoms with van der Waals surface area (Å²) in [4.78, 5) is 90.9. The molecule has 0 aromatic heterocycles. The van der Waals surface area contributed by atoms with Gasteiger partial charge in [0.1, 0.15) is 36.0 Å². The van der Waals surface area contributed by atoms with Crippen molar-refractivity contribution in [3.63, 3.8) is 0 Å². The average molecular weight is 845 g/mol. The van der Waals surface area contributed by atoms with E-state index in [-0.39, 0.29) is 75.3 Å². The molecule has 1 aromatic carbocycles. The van der Waals surface area contributed by atoms with Crippen molar-refractivity contribution in [1.29, 1.82) is 0 Å². The molecule has 5 amide bonds. The predicted molar refractivity (Wildman–Crippen MR) is 228 cm³/mol. The zero-order valence-corrected chi connectivity index (χ0v) is 36.0. The van der Waals surface area contributed by atoms with Crippen LogP contribution in [0.4, 0.5) is 0 Å². The fraction of sp³-hybridized carbons (Fsp3) is 0.650. The first-order valence-electron chi connectivity index (χ1n) is 20.3. The molecule has 2 rings (SSSR count). The van der Waals surface area contributed by atoms with Gasteiger partial charge in [0.2, 0.25) is 29.5 Å². The normalized spacial score (nSPS) is 16.4. The van der Waals surface area contributed by atoms with Crippen molar-refractivity contribution in [3.8, 4) is 5.75 Å². The number of likely N-dealkylation sites (tertiary alicyclic amines) is 1. The van der Waals surface area contributed by atoms with Crippen LogP contribution in [0.3, 0.4) is 0 Å². The van der Waals surface area contributed by atoms with Gasteiger partial charge in [-0.3, -0.25) is 34.0 Å². The number of carboxylic acid groups (broad SMARTS) is 1. The van der Waals surface area contributed by atoms with Gasteiger partial charge in [-0.15, -0.1) is 0 Å². The number of aryl methyl sites for hydroxylation is 2. The molecular formula is C40H68N12O8. The van der Waals surface area contributed by atoms with Crippen LogP contribution in [0.2, 0.25) is 0 Å². The average Bonchev–Trinajstić information content (AvgIpc) is 3.63. The Balaban J connectivity index is 2.45. The smallest absolute Gasteiger partial charge is 0.326 e. The first-order valence-corrected chi connectivity index (χ1v) is 20.3. The number of aliphatic imine (C=N–C) groups is 2. The number of benzene rings is 1. The highest BCUT2D eigenvalue weighted by Crippen LogP contribution is 2.25.